The molecule has 0 unspecified atom stereocenters. The molecule has 3 rings (SSSR count). The lowest BCUT2D eigenvalue weighted by atomic mass is 10.3. The zero-order valence-electron chi connectivity index (χ0n) is 12.5. The Morgan fingerprint density at radius 2 is 2.18 bits per heavy atom. The smallest absolute Gasteiger partial charge is 0.268 e. The summed E-state index contributed by atoms with van der Waals surface area (Å²) in [5, 5.41) is 10.0. The third-order valence-electron chi connectivity index (χ3n) is 3.14. The lowest BCUT2D eigenvalue weighted by Crippen LogP contribution is -2.16. The monoisotopic (exact) mass is 332 g/mol. The van der Waals surface area contributed by atoms with Gasteiger partial charge in [-0.05, 0) is 32.2 Å². The Labute approximate surface area is 136 Å². The number of thiazole rings is 1. The summed E-state index contributed by atoms with van der Waals surface area (Å²) in [6.45, 7) is 5.91. The van der Waals surface area contributed by atoms with Crippen molar-refractivity contribution in [3.8, 4) is 9.88 Å². The van der Waals surface area contributed by atoms with Crippen molar-refractivity contribution in [1.82, 2.24) is 14.8 Å². The van der Waals surface area contributed by atoms with Gasteiger partial charge in [0.1, 0.15) is 15.7 Å². The molecular formula is C15H16N4OS2. The highest BCUT2D eigenvalue weighted by atomic mass is 32.1. The SMILES string of the molecule is Cc1nc(-c2cccs2)sc1C(=O)Nc1ccnn1C(C)C. The minimum Gasteiger partial charge on any atom is -0.306 e. The number of nitrogens with zero attached hydrogens (tertiary/aromatic N) is 3. The van der Waals surface area contributed by atoms with Crippen molar-refractivity contribution in [3.05, 3.63) is 40.3 Å². The molecule has 0 aromatic carbocycles. The van der Waals surface area contributed by atoms with Gasteiger partial charge in [-0.2, -0.15) is 5.10 Å². The van der Waals surface area contributed by atoms with Gasteiger partial charge in [-0.3, -0.25) is 4.79 Å². The molecular weight excluding hydrogens is 316 g/mol. The van der Waals surface area contributed by atoms with Crippen LogP contribution in [-0.4, -0.2) is 20.7 Å². The minimum absolute atomic E-state index is 0.139. The zero-order chi connectivity index (χ0) is 15.7. The number of aromatic nitrogens is 3. The molecule has 114 valence electrons. The Bertz CT molecular complexity index is 786. The van der Waals surface area contributed by atoms with Crippen LogP contribution < -0.4 is 5.32 Å². The van der Waals surface area contributed by atoms with Crippen LogP contribution in [0.4, 0.5) is 5.82 Å². The molecule has 5 nitrogen and oxygen atoms in total. The third-order valence-corrected chi connectivity index (χ3v) is 5.33. The van der Waals surface area contributed by atoms with E-state index >= 15 is 0 Å². The van der Waals surface area contributed by atoms with Gasteiger partial charge in [0, 0.05) is 12.1 Å². The Balaban J connectivity index is 1.85. The van der Waals surface area contributed by atoms with Gasteiger partial charge in [0.05, 0.1) is 16.8 Å². The summed E-state index contributed by atoms with van der Waals surface area (Å²) in [4.78, 5) is 18.7. The molecule has 0 radical (unpaired) electrons. The van der Waals surface area contributed by atoms with Crippen molar-refractivity contribution in [1.29, 1.82) is 0 Å². The van der Waals surface area contributed by atoms with Gasteiger partial charge in [-0.1, -0.05) is 6.07 Å². The molecule has 0 aliphatic heterocycles. The highest BCUT2D eigenvalue weighted by molar-refractivity contribution is 7.22. The van der Waals surface area contributed by atoms with Crippen LogP contribution in [-0.2, 0) is 0 Å². The highest BCUT2D eigenvalue weighted by Gasteiger charge is 2.18. The van der Waals surface area contributed by atoms with Crippen molar-refractivity contribution in [2.24, 2.45) is 0 Å². The third kappa shape index (κ3) is 2.82. The number of rotatable bonds is 4. The fourth-order valence-corrected chi connectivity index (χ4v) is 3.87. The van der Waals surface area contributed by atoms with E-state index in [0.29, 0.717) is 10.7 Å². The number of carbonyl (C=O) groups is 1. The summed E-state index contributed by atoms with van der Waals surface area (Å²) in [5.41, 5.74) is 0.751. The lowest BCUT2D eigenvalue weighted by molar-refractivity contribution is 0.102. The maximum atomic E-state index is 12.5. The van der Waals surface area contributed by atoms with E-state index in [1.54, 1.807) is 28.3 Å². The molecule has 3 aromatic heterocycles. The van der Waals surface area contributed by atoms with Crippen molar-refractivity contribution < 1.29 is 4.79 Å². The summed E-state index contributed by atoms with van der Waals surface area (Å²) in [7, 11) is 0. The second-order valence-electron chi connectivity index (χ2n) is 5.12. The van der Waals surface area contributed by atoms with Gasteiger partial charge in [-0.25, -0.2) is 9.67 Å². The van der Waals surface area contributed by atoms with Crippen LogP contribution in [0.1, 0.15) is 35.3 Å². The number of hydrogen-bond acceptors (Lipinski definition) is 5. The second-order valence-corrected chi connectivity index (χ2v) is 7.07. The van der Waals surface area contributed by atoms with Crippen LogP contribution in [0, 0.1) is 6.92 Å². The molecule has 7 heteroatoms. The van der Waals surface area contributed by atoms with E-state index in [0.717, 1.165) is 15.6 Å². The lowest BCUT2D eigenvalue weighted by Gasteiger charge is -2.11. The van der Waals surface area contributed by atoms with Crippen LogP contribution in [0.15, 0.2) is 29.8 Å². The van der Waals surface area contributed by atoms with Gasteiger partial charge < -0.3 is 5.32 Å². The van der Waals surface area contributed by atoms with Gasteiger partial charge >= 0.3 is 0 Å². The zero-order valence-corrected chi connectivity index (χ0v) is 14.2. The maximum absolute atomic E-state index is 12.5. The minimum atomic E-state index is -0.139. The van der Waals surface area contributed by atoms with Crippen LogP contribution in [0.2, 0.25) is 0 Å². The first-order valence-electron chi connectivity index (χ1n) is 6.92. The fourth-order valence-electron chi connectivity index (χ4n) is 2.11. The molecule has 22 heavy (non-hydrogen) atoms. The highest BCUT2D eigenvalue weighted by Crippen LogP contribution is 2.31. The largest absolute Gasteiger partial charge is 0.306 e. The van der Waals surface area contributed by atoms with E-state index < -0.39 is 0 Å². The molecule has 0 saturated heterocycles. The Hall–Kier alpha value is -1.99. The van der Waals surface area contributed by atoms with Gasteiger partial charge in [0.25, 0.3) is 5.91 Å². The van der Waals surface area contributed by atoms with E-state index in [2.05, 4.69) is 15.4 Å². The van der Waals surface area contributed by atoms with Crippen molar-refractivity contribution >= 4 is 34.4 Å². The number of nitrogens with one attached hydrogen (secondary N) is 1. The van der Waals surface area contributed by atoms with Crippen LogP contribution in [0.25, 0.3) is 9.88 Å². The first-order chi connectivity index (χ1) is 10.6. The molecule has 0 bridgehead atoms. The predicted molar refractivity (Wildman–Crippen MR) is 90.7 cm³/mol. The summed E-state index contributed by atoms with van der Waals surface area (Å²) in [5.74, 6) is 0.561. The normalized spacial score (nSPS) is 11.1. The topological polar surface area (TPSA) is 59.8 Å². The molecule has 3 aromatic rings. The Morgan fingerprint density at radius 1 is 1.36 bits per heavy atom. The summed E-state index contributed by atoms with van der Waals surface area (Å²) in [6, 6.07) is 5.99. The average Bonchev–Trinajstić information content (AvgIpc) is 3.16. The fraction of sp³-hybridized carbons (Fsp3) is 0.267. The van der Waals surface area contributed by atoms with Crippen LogP contribution in [0.3, 0.4) is 0 Å². The summed E-state index contributed by atoms with van der Waals surface area (Å²) >= 11 is 3.04. The first-order valence-corrected chi connectivity index (χ1v) is 8.62. The molecule has 0 aliphatic rings. The maximum Gasteiger partial charge on any atom is 0.268 e. The van der Waals surface area contributed by atoms with Gasteiger partial charge in [-0.15, -0.1) is 22.7 Å². The average molecular weight is 332 g/mol. The number of thiophene rings is 1. The quantitative estimate of drug-likeness (QED) is 0.778. The van der Waals surface area contributed by atoms with Crippen LogP contribution in [0.5, 0.6) is 0 Å². The van der Waals surface area contributed by atoms with E-state index in [-0.39, 0.29) is 11.9 Å². The predicted octanol–water partition coefficient (Wildman–Crippen LogP) is 4.21. The molecule has 3 heterocycles. The first kappa shape index (κ1) is 14.9. The van der Waals surface area contributed by atoms with E-state index in [1.807, 2.05) is 38.3 Å². The second kappa shape index (κ2) is 6.02. The van der Waals surface area contributed by atoms with Gasteiger partial charge in [0.2, 0.25) is 0 Å². The molecule has 0 fully saturated rings. The molecule has 0 spiro atoms. The molecule has 1 N–H and O–H groups in total. The number of amides is 1. The van der Waals surface area contributed by atoms with E-state index in [1.165, 1.54) is 11.3 Å². The number of carbonyl (C=O) groups excluding carboxylic acids is 1. The Morgan fingerprint density at radius 3 is 2.86 bits per heavy atom. The Kier molecular flexibility index (Phi) is 4.08. The summed E-state index contributed by atoms with van der Waals surface area (Å²) < 4.78 is 1.79. The van der Waals surface area contributed by atoms with Crippen molar-refractivity contribution in [2.75, 3.05) is 5.32 Å². The summed E-state index contributed by atoms with van der Waals surface area (Å²) in [6.07, 6.45) is 1.69. The number of anilines is 1. The van der Waals surface area contributed by atoms with E-state index in [4.69, 9.17) is 0 Å². The van der Waals surface area contributed by atoms with Gasteiger partial charge in [0.15, 0.2) is 0 Å². The molecule has 0 atom stereocenters. The number of aryl methyl sites for hydroxylation is 1. The molecule has 0 aliphatic carbocycles. The van der Waals surface area contributed by atoms with Crippen molar-refractivity contribution in [2.45, 2.75) is 26.8 Å². The standard InChI is InChI=1S/C15H16N4OS2/c1-9(2)19-12(6-7-16-19)18-14(20)13-10(3)17-15(22-13)11-5-4-8-21-11/h4-9H,1-3H3,(H,18,20). The van der Waals surface area contributed by atoms with Crippen LogP contribution >= 0.6 is 22.7 Å². The number of hydrogen-bond donors (Lipinski definition) is 1. The molecule has 0 saturated carbocycles. The van der Waals surface area contributed by atoms with Crippen molar-refractivity contribution in [3.63, 3.8) is 0 Å². The molecule has 1 amide bonds. The van der Waals surface area contributed by atoms with E-state index in [9.17, 15) is 4.79 Å².